The fourth-order valence-electron chi connectivity index (χ4n) is 3.65. The number of ether oxygens (including phenoxy) is 2. The number of thiophene rings is 1. The van der Waals surface area contributed by atoms with Gasteiger partial charge in [-0.2, -0.15) is 0 Å². The van der Waals surface area contributed by atoms with E-state index in [-0.39, 0.29) is 18.3 Å². The zero-order valence-electron chi connectivity index (χ0n) is 20.6. The second-order valence-electron chi connectivity index (χ2n) is 7.88. The van der Waals surface area contributed by atoms with E-state index >= 15 is 0 Å². The van der Waals surface area contributed by atoms with Gasteiger partial charge in [-0.05, 0) is 44.4 Å². The van der Waals surface area contributed by atoms with Crippen LogP contribution < -0.4 is 10.1 Å². The van der Waals surface area contributed by atoms with Crippen molar-refractivity contribution in [3.63, 3.8) is 0 Å². The van der Waals surface area contributed by atoms with Crippen LogP contribution in [0.4, 0.5) is 5.00 Å². The molecule has 1 N–H and O–H groups in total. The van der Waals surface area contributed by atoms with E-state index in [1.165, 1.54) is 35.8 Å². The highest BCUT2D eigenvalue weighted by molar-refractivity contribution is 7.99. The zero-order chi connectivity index (χ0) is 25.5. The van der Waals surface area contributed by atoms with Crippen molar-refractivity contribution >= 4 is 40.0 Å². The smallest absolute Gasteiger partial charge is 0.341 e. The summed E-state index contributed by atoms with van der Waals surface area (Å²) in [5.41, 5.74) is 3.54. The molecule has 35 heavy (non-hydrogen) atoms. The van der Waals surface area contributed by atoms with Crippen LogP contribution in [0.25, 0.3) is 0 Å². The Balaban J connectivity index is 1.69. The number of nitrogens with one attached hydrogen (secondary N) is 1. The minimum Gasteiger partial charge on any atom is -0.485 e. The Hall–Kier alpha value is -3.11. The number of nitrogens with zero attached hydrogens (tertiary/aromatic N) is 3. The number of carbonyl (C=O) groups excluding carboxylic acids is 2. The third-order valence-electron chi connectivity index (χ3n) is 5.33. The van der Waals surface area contributed by atoms with Crippen molar-refractivity contribution in [2.24, 2.45) is 0 Å². The summed E-state index contributed by atoms with van der Waals surface area (Å²) in [5, 5.41) is 12.5. The molecule has 0 saturated heterocycles. The molecule has 186 valence electrons. The van der Waals surface area contributed by atoms with Crippen LogP contribution in [0, 0.1) is 20.8 Å². The van der Waals surface area contributed by atoms with Gasteiger partial charge >= 0.3 is 5.97 Å². The normalized spacial score (nSPS) is 10.8. The van der Waals surface area contributed by atoms with Gasteiger partial charge in [0.15, 0.2) is 11.0 Å². The van der Waals surface area contributed by atoms with E-state index in [0.717, 1.165) is 21.8 Å². The van der Waals surface area contributed by atoms with Crippen molar-refractivity contribution in [1.82, 2.24) is 14.8 Å². The van der Waals surface area contributed by atoms with Crippen molar-refractivity contribution in [2.75, 3.05) is 18.2 Å². The number of aryl methyl sites for hydroxylation is 3. The minimum atomic E-state index is -0.451. The Bertz CT molecular complexity index is 1230. The number of methoxy groups -OCH3 is 1. The molecule has 3 rings (SSSR count). The Morgan fingerprint density at radius 3 is 2.69 bits per heavy atom. The SMILES string of the molecule is C=CCn1c(COc2ccc(C)cc2C)nnc1SCC(=O)Nc1sc(C)c(CC)c1C(=O)OC. The van der Waals surface area contributed by atoms with E-state index in [0.29, 0.717) is 34.5 Å². The van der Waals surface area contributed by atoms with Crippen LogP contribution in [0.3, 0.4) is 0 Å². The molecule has 1 amide bonds. The molecule has 0 aliphatic carbocycles. The number of benzene rings is 1. The Labute approximate surface area is 213 Å². The molecule has 8 nitrogen and oxygen atoms in total. The summed E-state index contributed by atoms with van der Waals surface area (Å²) in [4.78, 5) is 26.0. The number of allylic oxidation sites excluding steroid dienone is 1. The molecule has 3 aromatic rings. The van der Waals surface area contributed by atoms with Crippen molar-refractivity contribution in [3.05, 3.63) is 63.8 Å². The van der Waals surface area contributed by atoms with Crippen LogP contribution in [-0.2, 0) is 29.1 Å². The summed E-state index contributed by atoms with van der Waals surface area (Å²) >= 11 is 2.64. The summed E-state index contributed by atoms with van der Waals surface area (Å²) in [5.74, 6) is 0.837. The number of aromatic nitrogens is 3. The molecular formula is C25H30N4O4S2. The van der Waals surface area contributed by atoms with E-state index in [2.05, 4.69) is 28.2 Å². The van der Waals surface area contributed by atoms with Gasteiger partial charge in [0.2, 0.25) is 5.91 Å². The van der Waals surface area contributed by atoms with Crippen LogP contribution in [0.15, 0.2) is 36.0 Å². The quantitative estimate of drug-likeness (QED) is 0.216. The van der Waals surface area contributed by atoms with Crippen LogP contribution >= 0.6 is 23.1 Å². The summed E-state index contributed by atoms with van der Waals surface area (Å²) in [6, 6.07) is 6.01. The average Bonchev–Trinajstić information content (AvgIpc) is 3.36. The summed E-state index contributed by atoms with van der Waals surface area (Å²) < 4.78 is 12.8. The van der Waals surface area contributed by atoms with Gasteiger partial charge in [0.1, 0.15) is 17.4 Å². The molecule has 0 spiro atoms. The van der Waals surface area contributed by atoms with E-state index in [1.807, 2.05) is 44.4 Å². The number of carbonyl (C=O) groups is 2. The lowest BCUT2D eigenvalue weighted by atomic mass is 10.1. The molecule has 0 atom stereocenters. The first-order valence-electron chi connectivity index (χ1n) is 11.1. The molecule has 0 saturated carbocycles. The molecule has 1 aromatic carbocycles. The van der Waals surface area contributed by atoms with Crippen molar-refractivity contribution in [2.45, 2.75) is 52.4 Å². The highest BCUT2D eigenvalue weighted by Gasteiger charge is 2.23. The maximum atomic E-state index is 12.7. The molecular weight excluding hydrogens is 484 g/mol. The van der Waals surface area contributed by atoms with Crippen LogP contribution in [0.5, 0.6) is 5.75 Å². The monoisotopic (exact) mass is 514 g/mol. The molecule has 0 unspecified atom stereocenters. The number of thioether (sulfide) groups is 1. The number of esters is 1. The second kappa shape index (κ2) is 12.0. The molecule has 0 aliphatic rings. The van der Waals surface area contributed by atoms with Crippen molar-refractivity contribution < 1.29 is 19.1 Å². The van der Waals surface area contributed by atoms with Crippen LogP contribution in [-0.4, -0.2) is 39.5 Å². The third kappa shape index (κ3) is 6.32. The molecule has 10 heteroatoms. The lowest BCUT2D eigenvalue weighted by Crippen LogP contribution is -2.17. The lowest BCUT2D eigenvalue weighted by molar-refractivity contribution is -0.113. The molecule has 2 heterocycles. The predicted octanol–water partition coefficient (Wildman–Crippen LogP) is 5.11. The third-order valence-corrected chi connectivity index (χ3v) is 7.36. The number of hydrogen-bond donors (Lipinski definition) is 1. The Morgan fingerprint density at radius 1 is 1.26 bits per heavy atom. The van der Waals surface area contributed by atoms with Gasteiger partial charge in [0.25, 0.3) is 0 Å². The maximum Gasteiger partial charge on any atom is 0.341 e. The van der Waals surface area contributed by atoms with Gasteiger partial charge < -0.3 is 14.8 Å². The van der Waals surface area contributed by atoms with Crippen LogP contribution in [0.1, 0.15) is 44.7 Å². The topological polar surface area (TPSA) is 95.3 Å². The van der Waals surface area contributed by atoms with Gasteiger partial charge in [0.05, 0.1) is 18.4 Å². The lowest BCUT2D eigenvalue weighted by Gasteiger charge is -2.11. The van der Waals surface area contributed by atoms with Gasteiger partial charge in [-0.25, -0.2) is 4.79 Å². The van der Waals surface area contributed by atoms with Crippen molar-refractivity contribution in [3.8, 4) is 5.75 Å². The first kappa shape index (κ1) is 26.5. The summed E-state index contributed by atoms with van der Waals surface area (Å²) in [6.45, 7) is 12.5. The predicted molar refractivity (Wildman–Crippen MR) is 140 cm³/mol. The molecule has 0 aliphatic heterocycles. The van der Waals surface area contributed by atoms with Gasteiger partial charge in [-0.3, -0.25) is 9.36 Å². The average molecular weight is 515 g/mol. The first-order chi connectivity index (χ1) is 16.8. The minimum absolute atomic E-state index is 0.103. The largest absolute Gasteiger partial charge is 0.485 e. The van der Waals surface area contributed by atoms with Gasteiger partial charge in [-0.1, -0.05) is 42.5 Å². The maximum absolute atomic E-state index is 12.7. The molecule has 0 radical (unpaired) electrons. The highest BCUT2D eigenvalue weighted by Crippen LogP contribution is 2.34. The fourth-order valence-corrected chi connectivity index (χ4v) is 5.57. The molecule has 0 fully saturated rings. The van der Waals surface area contributed by atoms with E-state index < -0.39 is 5.97 Å². The number of amides is 1. The summed E-state index contributed by atoms with van der Waals surface area (Å²) in [7, 11) is 1.34. The van der Waals surface area contributed by atoms with Gasteiger partial charge in [0, 0.05) is 11.4 Å². The second-order valence-corrected chi connectivity index (χ2v) is 10.0. The van der Waals surface area contributed by atoms with E-state index in [1.54, 1.807) is 6.08 Å². The number of hydrogen-bond acceptors (Lipinski definition) is 8. The number of rotatable bonds is 11. The highest BCUT2D eigenvalue weighted by atomic mass is 32.2. The van der Waals surface area contributed by atoms with Crippen molar-refractivity contribution in [1.29, 1.82) is 0 Å². The Morgan fingerprint density at radius 2 is 2.03 bits per heavy atom. The standard InChI is InChI=1S/C25H30N4O4S2/c1-7-11-29-20(13-33-19-10-9-15(3)12-16(19)4)27-28-25(29)34-14-21(30)26-23-22(24(31)32-6)18(8-2)17(5)35-23/h7,9-10,12H,1,8,11,13-14H2,2-6H3,(H,26,30). The van der Waals surface area contributed by atoms with Crippen LogP contribution in [0.2, 0.25) is 0 Å². The Kier molecular flexibility index (Phi) is 9.11. The zero-order valence-corrected chi connectivity index (χ0v) is 22.3. The summed E-state index contributed by atoms with van der Waals surface area (Å²) in [6.07, 6.45) is 2.42. The molecule has 0 bridgehead atoms. The molecule has 2 aromatic heterocycles. The first-order valence-corrected chi connectivity index (χ1v) is 12.9. The fraction of sp³-hybridized carbons (Fsp3) is 0.360. The van der Waals surface area contributed by atoms with E-state index in [9.17, 15) is 9.59 Å². The van der Waals surface area contributed by atoms with Gasteiger partial charge in [-0.15, -0.1) is 28.1 Å². The van der Waals surface area contributed by atoms with E-state index in [4.69, 9.17) is 9.47 Å². The number of anilines is 1.